The van der Waals surface area contributed by atoms with E-state index in [9.17, 15) is 0 Å². The van der Waals surface area contributed by atoms with E-state index in [1.165, 1.54) is 0 Å². The van der Waals surface area contributed by atoms with Crippen LogP contribution in [0.5, 0.6) is 0 Å². The van der Waals surface area contributed by atoms with Crippen LogP contribution in [0, 0.1) is 6.92 Å². The lowest BCUT2D eigenvalue weighted by atomic mass is 10.2. The Kier molecular flexibility index (Phi) is 3.40. The van der Waals surface area contributed by atoms with E-state index >= 15 is 0 Å². The van der Waals surface area contributed by atoms with E-state index in [1.807, 2.05) is 55.1 Å². The molecule has 0 aliphatic rings. The molecule has 0 radical (unpaired) electrons. The molecule has 5 nitrogen and oxygen atoms in total. The van der Waals surface area contributed by atoms with Crippen molar-refractivity contribution in [2.45, 2.75) is 19.9 Å². The van der Waals surface area contributed by atoms with Crippen LogP contribution in [0.25, 0.3) is 11.5 Å². The third-order valence-electron chi connectivity index (χ3n) is 3.07. The van der Waals surface area contributed by atoms with Crippen molar-refractivity contribution in [3.05, 3.63) is 52.6 Å². The Labute approximate surface area is 124 Å². The molecule has 3 aromatic rings. The standard InChI is InChI=1S/C14H13BrN4O/c1-9-12(15)8-19(18-9)10(2)13-16-17-14(20-13)11-6-4-3-5-7-11/h3-8,10H,1-2H3. The highest BCUT2D eigenvalue weighted by Crippen LogP contribution is 2.24. The molecule has 3 rings (SSSR count). The number of halogens is 1. The maximum absolute atomic E-state index is 5.74. The summed E-state index contributed by atoms with van der Waals surface area (Å²) in [6.07, 6.45) is 1.91. The molecule has 0 spiro atoms. The van der Waals surface area contributed by atoms with E-state index in [0.717, 1.165) is 15.7 Å². The molecule has 0 aliphatic carbocycles. The SMILES string of the molecule is Cc1nn(C(C)c2nnc(-c3ccccc3)o2)cc1Br. The van der Waals surface area contributed by atoms with Gasteiger partial charge in [0, 0.05) is 11.8 Å². The second-order valence-electron chi connectivity index (χ2n) is 4.53. The molecule has 102 valence electrons. The molecule has 0 N–H and O–H groups in total. The van der Waals surface area contributed by atoms with Crippen LogP contribution in [0.4, 0.5) is 0 Å². The van der Waals surface area contributed by atoms with Crippen LogP contribution in [-0.4, -0.2) is 20.0 Å². The summed E-state index contributed by atoms with van der Waals surface area (Å²) in [4.78, 5) is 0. The molecule has 0 fully saturated rings. The normalized spacial score (nSPS) is 12.6. The van der Waals surface area contributed by atoms with Crippen LogP contribution in [-0.2, 0) is 0 Å². The van der Waals surface area contributed by atoms with Crippen molar-refractivity contribution < 1.29 is 4.42 Å². The number of aromatic nitrogens is 4. The van der Waals surface area contributed by atoms with Gasteiger partial charge in [-0.3, -0.25) is 4.68 Å². The molecular weight excluding hydrogens is 320 g/mol. The molecule has 0 saturated carbocycles. The molecule has 1 unspecified atom stereocenters. The zero-order chi connectivity index (χ0) is 14.1. The lowest BCUT2D eigenvalue weighted by Crippen LogP contribution is -2.07. The van der Waals surface area contributed by atoms with Crippen LogP contribution in [0.15, 0.2) is 45.4 Å². The second kappa shape index (κ2) is 5.20. The predicted molar refractivity (Wildman–Crippen MR) is 78.2 cm³/mol. The Balaban J connectivity index is 1.90. The number of benzene rings is 1. The number of aryl methyl sites for hydroxylation is 1. The Morgan fingerprint density at radius 2 is 1.95 bits per heavy atom. The first kappa shape index (κ1) is 13.1. The van der Waals surface area contributed by atoms with Gasteiger partial charge in [0.2, 0.25) is 11.8 Å². The highest BCUT2D eigenvalue weighted by atomic mass is 79.9. The number of hydrogen-bond acceptors (Lipinski definition) is 4. The van der Waals surface area contributed by atoms with Crippen LogP contribution in [0.2, 0.25) is 0 Å². The second-order valence-corrected chi connectivity index (χ2v) is 5.38. The minimum Gasteiger partial charge on any atom is -0.418 e. The first-order valence-corrected chi connectivity index (χ1v) is 7.04. The number of rotatable bonds is 3. The van der Waals surface area contributed by atoms with Gasteiger partial charge in [0.15, 0.2) is 0 Å². The minimum atomic E-state index is -0.107. The monoisotopic (exact) mass is 332 g/mol. The number of nitrogens with zero attached hydrogens (tertiary/aromatic N) is 4. The highest BCUT2D eigenvalue weighted by molar-refractivity contribution is 9.10. The predicted octanol–water partition coefficient (Wildman–Crippen LogP) is 3.61. The van der Waals surface area contributed by atoms with Crippen molar-refractivity contribution in [3.8, 4) is 11.5 Å². The Morgan fingerprint density at radius 1 is 1.20 bits per heavy atom. The molecule has 2 aromatic heterocycles. The maximum atomic E-state index is 5.74. The quantitative estimate of drug-likeness (QED) is 0.735. The van der Waals surface area contributed by atoms with Gasteiger partial charge in [0.25, 0.3) is 0 Å². The summed E-state index contributed by atoms with van der Waals surface area (Å²) in [5.41, 5.74) is 1.84. The first-order valence-electron chi connectivity index (χ1n) is 6.25. The molecule has 0 amide bonds. The van der Waals surface area contributed by atoms with Crippen molar-refractivity contribution in [2.75, 3.05) is 0 Å². The summed E-state index contributed by atoms with van der Waals surface area (Å²) in [6, 6.07) is 9.61. The van der Waals surface area contributed by atoms with E-state index in [0.29, 0.717) is 11.8 Å². The van der Waals surface area contributed by atoms with Crippen molar-refractivity contribution in [1.29, 1.82) is 0 Å². The Bertz CT molecular complexity index is 700. The topological polar surface area (TPSA) is 56.7 Å². The molecule has 1 aromatic carbocycles. The molecule has 20 heavy (non-hydrogen) atoms. The molecular formula is C14H13BrN4O. The van der Waals surface area contributed by atoms with Crippen LogP contribution < -0.4 is 0 Å². The largest absolute Gasteiger partial charge is 0.418 e. The maximum Gasteiger partial charge on any atom is 0.247 e. The zero-order valence-corrected chi connectivity index (χ0v) is 12.7. The van der Waals surface area contributed by atoms with Gasteiger partial charge in [-0.15, -0.1) is 10.2 Å². The lowest BCUT2D eigenvalue weighted by Gasteiger charge is -2.06. The summed E-state index contributed by atoms with van der Waals surface area (Å²) in [5, 5.41) is 12.6. The third kappa shape index (κ3) is 2.38. The molecule has 2 heterocycles. The molecule has 1 atom stereocenters. The van der Waals surface area contributed by atoms with Crippen LogP contribution >= 0.6 is 15.9 Å². The van der Waals surface area contributed by atoms with Crippen LogP contribution in [0.1, 0.15) is 24.6 Å². The highest BCUT2D eigenvalue weighted by Gasteiger charge is 2.18. The summed E-state index contributed by atoms with van der Waals surface area (Å²) in [6.45, 7) is 3.91. The van der Waals surface area contributed by atoms with Gasteiger partial charge in [-0.05, 0) is 41.9 Å². The Morgan fingerprint density at radius 3 is 2.60 bits per heavy atom. The third-order valence-corrected chi connectivity index (χ3v) is 3.85. The van der Waals surface area contributed by atoms with E-state index in [1.54, 1.807) is 0 Å². The molecule has 6 heteroatoms. The summed E-state index contributed by atoms with van der Waals surface area (Å²) in [5.74, 6) is 1.06. The molecule has 0 saturated heterocycles. The van der Waals surface area contributed by atoms with Gasteiger partial charge in [-0.1, -0.05) is 18.2 Å². The van der Waals surface area contributed by atoms with E-state index in [4.69, 9.17) is 4.42 Å². The average Bonchev–Trinajstić information content (AvgIpc) is 3.07. The first-order chi connectivity index (χ1) is 9.65. The molecule has 0 aliphatic heterocycles. The smallest absolute Gasteiger partial charge is 0.247 e. The lowest BCUT2D eigenvalue weighted by molar-refractivity contribution is 0.415. The van der Waals surface area contributed by atoms with Crippen molar-refractivity contribution in [2.24, 2.45) is 0 Å². The Hall–Kier alpha value is -1.95. The van der Waals surface area contributed by atoms with Crippen molar-refractivity contribution in [1.82, 2.24) is 20.0 Å². The van der Waals surface area contributed by atoms with Gasteiger partial charge in [0.1, 0.15) is 6.04 Å². The van der Waals surface area contributed by atoms with Gasteiger partial charge >= 0.3 is 0 Å². The fourth-order valence-corrected chi connectivity index (χ4v) is 2.16. The fourth-order valence-electron chi connectivity index (χ4n) is 1.87. The minimum absolute atomic E-state index is 0.107. The van der Waals surface area contributed by atoms with Gasteiger partial charge < -0.3 is 4.42 Å². The number of hydrogen-bond donors (Lipinski definition) is 0. The van der Waals surface area contributed by atoms with E-state index in [-0.39, 0.29) is 6.04 Å². The van der Waals surface area contributed by atoms with Gasteiger partial charge in [-0.2, -0.15) is 5.10 Å². The van der Waals surface area contributed by atoms with Gasteiger partial charge in [0.05, 0.1) is 10.2 Å². The van der Waals surface area contributed by atoms with E-state index in [2.05, 4.69) is 31.2 Å². The zero-order valence-electron chi connectivity index (χ0n) is 11.1. The summed E-state index contributed by atoms with van der Waals surface area (Å²) < 4.78 is 8.51. The van der Waals surface area contributed by atoms with Gasteiger partial charge in [-0.25, -0.2) is 0 Å². The van der Waals surface area contributed by atoms with Crippen molar-refractivity contribution >= 4 is 15.9 Å². The average molecular weight is 333 g/mol. The molecule has 0 bridgehead atoms. The fraction of sp³-hybridized carbons (Fsp3) is 0.214. The summed E-state index contributed by atoms with van der Waals surface area (Å²) in [7, 11) is 0. The summed E-state index contributed by atoms with van der Waals surface area (Å²) >= 11 is 3.45. The van der Waals surface area contributed by atoms with Crippen LogP contribution in [0.3, 0.4) is 0 Å². The van der Waals surface area contributed by atoms with E-state index < -0.39 is 0 Å². The van der Waals surface area contributed by atoms with Crippen molar-refractivity contribution in [3.63, 3.8) is 0 Å².